The number of aromatic nitrogens is 5. The van der Waals surface area contributed by atoms with Crippen molar-refractivity contribution >= 4 is 21.1 Å². The normalized spacial score (nSPS) is 14.5. The molecule has 3 aromatic heterocycles. The quantitative estimate of drug-likeness (QED) is 0.243. The van der Waals surface area contributed by atoms with Gasteiger partial charge in [-0.1, -0.05) is 20.3 Å². The van der Waals surface area contributed by atoms with Gasteiger partial charge in [-0.15, -0.1) is 0 Å². The number of fused-ring (bicyclic) bond motifs is 1. The van der Waals surface area contributed by atoms with E-state index in [1.54, 1.807) is 37.6 Å². The third-order valence-electron chi connectivity index (χ3n) is 7.43. The van der Waals surface area contributed by atoms with Crippen LogP contribution in [0.1, 0.15) is 37.9 Å². The Labute approximate surface area is 251 Å². The number of rotatable bonds is 13. The average molecular weight is 610 g/mol. The molecule has 1 saturated heterocycles. The Kier molecular flexibility index (Phi) is 9.86. The molecule has 13 heteroatoms. The van der Waals surface area contributed by atoms with Crippen molar-refractivity contribution in [2.24, 2.45) is 7.05 Å². The van der Waals surface area contributed by atoms with Gasteiger partial charge >= 0.3 is 0 Å². The zero-order valence-electron chi connectivity index (χ0n) is 25.0. The summed E-state index contributed by atoms with van der Waals surface area (Å²) in [6, 6.07) is 8.38. The molecule has 5 rings (SSSR count). The number of morpholine rings is 1. The van der Waals surface area contributed by atoms with E-state index < -0.39 is 10.0 Å². The molecule has 1 aliphatic heterocycles. The van der Waals surface area contributed by atoms with E-state index in [1.165, 1.54) is 8.99 Å². The second-order valence-electron chi connectivity index (χ2n) is 10.6. The van der Waals surface area contributed by atoms with E-state index in [0.29, 0.717) is 61.7 Å². The average Bonchev–Trinajstić information content (AvgIpc) is 3.34. The van der Waals surface area contributed by atoms with Gasteiger partial charge in [-0.05, 0) is 48.7 Å². The Hall–Kier alpha value is -3.65. The van der Waals surface area contributed by atoms with Crippen LogP contribution >= 0.6 is 0 Å². The van der Waals surface area contributed by atoms with Crippen molar-refractivity contribution in [3.05, 3.63) is 64.3 Å². The molecule has 1 fully saturated rings. The molecule has 0 atom stereocenters. The van der Waals surface area contributed by atoms with Crippen LogP contribution in [0.2, 0.25) is 0 Å². The summed E-state index contributed by atoms with van der Waals surface area (Å²) in [5, 5.41) is 4.51. The minimum absolute atomic E-state index is 0.0881. The zero-order valence-corrected chi connectivity index (χ0v) is 25.8. The van der Waals surface area contributed by atoms with Crippen LogP contribution in [-0.4, -0.2) is 88.4 Å². The molecule has 1 N–H and O–H groups in total. The minimum atomic E-state index is -3.97. The topological polar surface area (TPSA) is 136 Å². The summed E-state index contributed by atoms with van der Waals surface area (Å²) in [7, 11) is -2.25. The molecule has 0 bridgehead atoms. The number of nitrogens with one attached hydrogen (secondary N) is 1. The second-order valence-corrected chi connectivity index (χ2v) is 12.5. The predicted molar refractivity (Wildman–Crippen MR) is 163 cm³/mol. The van der Waals surface area contributed by atoms with Crippen LogP contribution < -0.4 is 10.3 Å². The summed E-state index contributed by atoms with van der Waals surface area (Å²) < 4.78 is 43.0. The Morgan fingerprint density at radius 1 is 1.09 bits per heavy atom. The molecule has 0 aliphatic carbocycles. The maximum Gasteiger partial charge on any atom is 0.277 e. The van der Waals surface area contributed by atoms with Crippen molar-refractivity contribution in [2.75, 3.05) is 46.0 Å². The van der Waals surface area contributed by atoms with E-state index in [4.69, 9.17) is 14.5 Å². The van der Waals surface area contributed by atoms with Gasteiger partial charge in [-0.2, -0.15) is 9.40 Å². The van der Waals surface area contributed by atoms with Gasteiger partial charge in [0.25, 0.3) is 5.56 Å². The predicted octanol–water partition coefficient (Wildman–Crippen LogP) is 2.98. The molecular weight excluding hydrogens is 570 g/mol. The third-order valence-corrected chi connectivity index (χ3v) is 9.27. The lowest BCUT2D eigenvalue weighted by molar-refractivity contribution is 0.0361. The molecular formula is C30H39N7O5S. The summed E-state index contributed by atoms with van der Waals surface area (Å²) in [6.45, 7) is 8.29. The maximum absolute atomic E-state index is 14.3. The Bertz CT molecular complexity index is 1700. The molecule has 0 unspecified atom stereocenters. The van der Waals surface area contributed by atoms with Crippen molar-refractivity contribution in [1.29, 1.82) is 0 Å². The van der Waals surface area contributed by atoms with Gasteiger partial charge in [-0.25, -0.2) is 13.4 Å². The molecule has 1 aromatic carbocycles. The highest BCUT2D eigenvalue weighted by atomic mass is 32.2. The van der Waals surface area contributed by atoms with Gasteiger partial charge in [0.15, 0.2) is 5.52 Å². The number of aromatic amines is 1. The number of benzene rings is 1. The minimum Gasteiger partial charge on any atom is -0.493 e. The van der Waals surface area contributed by atoms with Crippen molar-refractivity contribution in [3.63, 3.8) is 0 Å². The fraction of sp³-hybridized carbons (Fsp3) is 0.467. The molecule has 4 aromatic rings. The lowest BCUT2D eigenvalue weighted by Crippen LogP contribution is -2.42. The van der Waals surface area contributed by atoms with Gasteiger partial charge in [0.2, 0.25) is 10.0 Å². The van der Waals surface area contributed by atoms with Gasteiger partial charge in [-0.3, -0.25) is 19.4 Å². The van der Waals surface area contributed by atoms with Gasteiger partial charge < -0.3 is 14.5 Å². The maximum atomic E-state index is 14.3. The van der Waals surface area contributed by atoms with Crippen molar-refractivity contribution in [2.45, 2.75) is 44.6 Å². The van der Waals surface area contributed by atoms with Crippen LogP contribution in [0.15, 0.2) is 52.4 Å². The highest BCUT2D eigenvalue weighted by Crippen LogP contribution is 2.32. The first kappa shape index (κ1) is 30.8. The second kappa shape index (κ2) is 13.8. The van der Waals surface area contributed by atoms with E-state index in [1.807, 2.05) is 26.0 Å². The highest BCUT2D eigenvalue weighted by Gasteiger charge is 2.28. The summed E-state index contributed by atoms with van der Waals surface area (Å²) >= 11 is 0. The highest BCUT2D eigenvalue weighted by molar-refractivity contribution is 7.89. The van der Waals surface area contributed by atoms with E-state index in [0.717, 1.165) is 37.2 Å². The van der Waals surface area contributed by atoms with E-state index >= 15 is 0 Å². The molecule has 1 aliphatic rings. The van der Waals surface area contributed by atoms with E-state index in [9.17, 15) is 13.2 Å². The molecule has 0 saturated carbocycles. The lowest BCUT2D eigenvalue weighted by atomic mass is 10.1. The summed E-state index contributed by atoms with van der Waals surface area (Å²) in [5.41, 5.74) is 2.48. The number of hydrogen-bond acceptors (Lipinski definition) is 9. The van der Waals surface area contributed by atoms with Crippen LogP contribution in [0.25, 0.3) is 22.4 Å². The van der Waals surface area contributed by atoms with Crippen molar-refractivity contribution < 1.29 is 17.9 Å². The number of nitrogens with zero attached hydrogens (tertiary/aromatic N) is 6. The fourth-order valence-electron chi connectivity index (χ4n) is 5.17. The lowest BCUT2D eigenvalue weighted by Gasteiger charge is -2.30. The monoisotopic (exact) mass is 609 g/mol. The van der Waals surface area contributed by atoms with E-state index in [2.05, 4.69) is 20.0 Å². The number of H-pyrrole nitrogens is 1. The molecule has 230 valence electrons. The molecule has 4 heterocycles. The van der Waals surface area contributed by atoms with Crippen LogP contribution in [-0.2, 0) is 34.8 Å². The molecule has 12 nitrogen and oxygen atoms in total. The summed E-state index contributed by atoms with van der Waals surface area (Å²) in [5.74, 6) is 0.679. The molecule has 43 heavy (non-hydrogen) atoms. The van der Waals surface area contributed by atoms with Crippen LogP contribution in [0.5, 0.6) is 5.75 Å². The largest absolute Gasteiger partial charge is 0.493 e. The number of aryl methyl sites for hydroxylation is 2. The van der Waals surface area contributed by atoms with Gasteiger partial charge in [0.1, 0.15) is 17.1 Å². The SMILES string of the molecule is CCCOc1ccc(S(=O)(=O)N(CCN2CCOCC2)Cc2ccncc2)cc1-c1nc2c(CCC)nn(C)c2c(=O)[nH]1. The van der Waals surface area contributed by atoms with Crippen molar-refractivity contribution in [3.8, 4) is 17.1 Å². The number of sulfonamides is 1. The summed E-state index contributed by atoms with van der Waals surface area (Å²) in [6.07, 6.45) is 5.57. The molecule has 0 amide bonds. The Morgan fingerprint density at radius 3 is 2.58 bits per heavy atom. The van der Waals surface area contributed by atoms with E-state index in [-0.39, 0.29) is 22.8 Å². The van der Waals surface area contributed by atoms with Crippen LogP contribution in [0, 0.1) is 0 Å². The fourth-order valence-corrected chi connectivity index (χ4v) is 6.62. The molecule has 0 spiro atoms. The first-order valence-corrected chi connectivity index (χ1v) is 16.2. The number of ether oxygens (including phenoxy) is 2. The van der Waals surface area contributed by atoms with Crippen LogP contribution in [0.3, 0.4) is 0 Å². The Balaban J connectivity index is 1.57. The number of pyridine rings is 1. The molecule has 0 radical (unpaired) electrons. The van der Waals surface area contributed by atoms with Crippen LogP contribution in [0.4, 0.5) is 0 Å². The Morgan fingerprint density at radius 2 is 1.86 bits per heavy atom. The third kappa shape index (κ3) is 6.96. The first-order valence-electron chi connectivity index (χ1n) is 14.7. The number of hydrogen-bond donors (Lipinski definition) is 1. The smallest absolute Gasteiger partial charge is 0.277 e. The van der Waals surface area contributed by atoms with Gasteiger partial charge in [0, 0.05) is 52.2 Å². The zero-order chi connectivity index (χ0) is 30.4. The van der Waals surface area contributed by atoms with Crippen molar-refractivity contribution in [1.82, 2.24) is 33.9 Å². The first-order chi connectivity index (χ1) is 20.8. The standard InChI is InChI=1S/C30H39N7O5S/c1-4-6-25-27-28(35(3)34-25)30(38)33-29(32-27)24-20-23(7-8-26(24)42-17-5-2)43(39,40)37(21-22-9-11-31-12-10-22)14-13-36-15-18-41-19-16-36/h7-12,20H,4-6,13-19,21H2,1-3H3,(H,32,33,38). The summed E-state index contributed by atoms with van der Waals surface area (Å²) in [4.78, 5) is 27.2. The van der Waals surface area contributed by atoms with Gasteiger partial charge in [0.05, 0.1) is 36.0 Å².